The van der Waals surface area contributed by atoms with E-state index in [9.17, 15) is 19.4 Å². The number of rotatable bonds is 69. The van der Waals surface area contributed by atoms with E-state index in [1.165, 1.54) is 283 Å². The van der Waals surface area contributed by atoms with Crippen LogP contribution in [0.25, 0.3) is 0 Å². The van der Waals surface area contributed by atoms with E-state index in [1.807, 2.05) is 27.2 Å². The third-order valence-electron chi connectivity index (χ3n) is 16.9. The number of aliphatic hydroxyl groups excluding tert-OH is 1. The van der Waals surface area contributed by atoms with Crippen LogP contribution < -0.4 is 5.32 Å². The predicted octanol–water partition coefficient (Wildman–Crippen LogP) is 24.1. The van der Waals surface area contributed by atoms with Crippen molar-refractivity contribution in [2.75, 3.05) is 40.9 Å². The van der Waals surface area contributed by atoms with Gasteiger partial charge in [0.25, 0.3) is 0 Å². The Morgan fingerprint density at radius 2 is 0.674 bits per heavy atom. The first-order chi connectivity index (χ1) is 42.0. The van der Waals surface area contributed by atoms with Crippen LogP contribution >= 0.6 is 7.82 Å². The molecule has 1 amide bonds. The summed E-state index contributed by atoms with van der Waals surface area (Å²) in [5.41, 5.74) is 0. The molecular formula is C77H146N2O6P+. The van der Waals surface area contributed by atoms with Gasteiger partial charge in [0.2, 0.25) is 5.91 Å². The molecule has 0 fully saturated rings. The van der Waals surface area contributed by atoms with Gasteiger partial charge in [0.1, 0.15) is 13.2 Å². The zero-order valence-corrected chi connectivity index (χ0v) is 58.7. The van der Waals surface area contributed by atoms with E-state index < -0.39 is 20.0 Å². The number of phosphoric ester groups is 1. The summed E-state index contributed by atoms with van der Waals surface area (Å²) in [6, 6.07) is -0.873. The molecule has 0 aliphatic rings. The van der Waals surface area contributed by atoms with Gasteiger partial charge >= 0.3 is 7.82 Å². The van der Waals surface area contributed by atoms with Crippen molar-refractivity contribution in [3.05, 3.63) is 72.9 Å². The molecule has 0 aromatic heterocycles. The molecule has 0 aliphatic carbocycles. The molecule has 86 heavy (non-hydrogen) atoms. The molecule has 9 heteroatoms. The van der Waals surface area contributed by atoms with Crippen LogP contribution in [0.4, 0.5) is 0 Å². The van der Waals surface area contributed by atoms with Crippen LogP contribution in [0.3, 0.4) is 0 Å². The molecule has 0 heterocycles. The van der Waals surface area contributed by atoms with Gasteiger partial charge in [-0.05, 0) is 83.5 Å². The summed E-state index contributed by atoms with van der Waals surface area (Å²) in [4.78, 5) is 23.4. The first-order valence-electron chi connectivity index (χ1n) is 37.3. The zero-order chi connectivity index (χ0) is 62.6. The lowest BCUT2D eigenvalue weighted by molar-refractivity contribution is -0.870. The minimum absolute atomic E-state index is 0.0534. The van der Waals surface area contributed by atoms with E-state index in [2.05, 4.69) is 79.9 Å². The number of carbonyl (C=O) groups excluding carboxylic acids is 1. The lowest BCUT2D eigenvalue weighted by Gasteiger charge is -2.25. The second-order valence-electron chi connectivity index (χ2n) is 26.7. The van der Waals surface area contributed by atoms with E-state index in [0.717, 1.165) is 57.8 Å². The number of amides is 1. The van der Waals surface area contributed by atoms with Gasteiger partial charge in [-0.25, -0.2) is 4.57 Å². The molecule has 0 radical (unpaired) electrons. The Kier molecular flexibility index (Phi) is 65.7. The number of hydrogen-bond donors (Lipinski definition) is 3. The van der Waals surface area contributed by atoms with Crippen LogP contribution in [0.5, 0.6) is 0 Å². The zero-order valence-electron chi connectivity index (χ0n) is 57.8. The smallest absolute Gasteiger partial charge is 0.387 e. The minimum atomic E-state index is -4.37. The normalized spacial score (nSPS) is 14.0. The third kappa shape index (κ3) is 69.4. The van der Waals surface area contributed by atoms with E-state index in [1.54, 1.807) is 6.08 Å². The largest absolute Gasteiger partial charge is 0.472 e. The Hall–Kier alpha value is -2.06. The van der Waals surface area contributed by atoms with Crippen molar-refractivity contribution < 1.29 is 32.9 Å². The van der Waals surface area contributed by atoms with Crippen LogP contribution in [0.1, 0.15) is 361 Å². The van der Waals surface area contributed by atoms with Crippen LogP contribution in [0.2, 0.25) is 0 Å². The molecule has 0 aromatic rings. The van der Waals surface area contributed by atoms with E-state index in [4.69, 9.17) is 9.05 Å². The molecule has 0 bridgehead atoms. The SMILES string of the molecule is CCCCCCC/C=C\C/C=C\C/C=C\CCCCCCCCCCCCCCCCCCCCCCCCCCC(=O)NC(COP(=O)(O)OCC[N+](C)(C)C)C(O)/C=C/CC/C=C/CC/C=C/CCCCCCCCCCCCCCCCC. The maximum atomic E-state index is 13.1. The third-order valence-corrected chi connectivity index (χ3v) is 17.9. The summed E-state index contributed by atoms with van der Waals surface area (Å²) in [7, 11) is 1.56. The maximum absolute atomic E-state index is 13.1. The van der Waals surface area contributed by atoms with Crippen molar-refractivity contribution in [2.45, 2.75) is 373 Å². The van der Waals surface area contributed by atoms with Gasteiger partial charge in [-0.3, -0.25) is 13.8 Å². The fraction of sp³-hybridized carbons (Fsp3) is 0.831. The minimum Gasteiger partial charge on any atom is -0.387 e. The molecule has 504 valence electrons. The van der Waals surface area contributed by atoms with Crippen molar-refractivity contribution >= 4 is 13.7 Å². The summed E-state index contributed by atoms with van der Waals surface area (Å²) in [5, 5.41) is 14.0. The number of phosphoric acid groups is 1. The highest BCUT2D eigenvalue weighted by Gasteiger charge is 2.28. The first kappa shape index (κ1) is 83.9. The molecule has 0 rings (SSSR count). The lowest BCUT2D eigenvalue weighted by atomic mass is 10.0. The monoisotopic (exact) mass is 1230 g/mol. The van der Waals surface area contributed by atoms with Gasteiger partial charge in [0.15, 0.2) is 0 Å². The van der Waals surface area contributed by atoms with Gasteiger partial charge in [-0.2, -0.15) is 0 Å². The molecule has 8 nitrogen and oxygen atoms in total. The molecule has 3 unspecified atom stereocenters. The topological polar surface area (TPSA) is 105 Å². The summed E-state index contributed by atoms with van der Waals surface area (Å²) in [5.74, 6) is -0.185. The van der Waals surface area contributed by atoms with Crippen molar-refractivity contribution in [2.24, 2.45) is 0 Å². The molecule has 0 saturated heterocycles. The Morgan fingerprint density at radius 3 is 1.01 bits per heavy atom. The highest BCUT2D eigenvalue weighted by atomic mass is 31.2. The molecule has 0 aliphatic heterocycles. The van der Waals surface area contributed by atoms with Gasteiger partial charge < -0.3 is 19.8 Å². The van der Waals surface area contributed by atoms with Crippen LogP contribution in [0.15, 0.2) is 72.9 Å². The number of unbranched alkanes of at least 4 members (excludes halogenated alkanes) is 46. The maximum Gasteiger partial charge on any atom is 0.472 e. The molecule has 3 N–H and O–H groups in total. The van der Waals surface area contributed by atoms with E-state index in [-0.39, 0.29) is 19.1 Å². The number of allylic oxidation sites excluding steroid dienone is 11. The standard InChI is InChI=1S/C77H145N2O6P/c1-6-8-10-12-14-16-18-20-22-24-26-28-30-32-33-34-35-36-37-38-39-40-41-42-43-44-45-47-49-51-53-55-57-59-61-63-65-67-69-71-77(81)78-75(74-85-86(82,83)84-73-72-79(3,4)5)76(80)70-68-66-64-62-60-58-56-54-52-50-48-46-31-29-27-25-23-21-19-17-15-13-11-9-7-2/h18,20,24,26,30,32,52,54,60,62,68,70,75-76,80H,6-17,19,21-23,25,27-29,31,33-51,53,55-59,61,63-67,69,71-74H2,1-5H3,(H-,78,81,82,83)/p+1/b20-18-,26-24-,32-30-,54-52+,62-60+,70-68+. The first-order valence-corrected chi connectivity index (χ1v) is 38.8. The van der Waals surface area contributed by atoms with Crippen molar-refractivity contribution in [3.63, 3.8) is 0 Å². The molecule has 3 atom stereocenters. The summed E-state index contributed by atoms with van der Waals surface area (Å²) >= 11 is 0. The number of carbonyl (C=O) groups is 1. The second kappa shape index (κ2) is 67.3. The Bertz CT molecular complexity index is 1630. The summed E-state index contributed by atoms with van der Waals surface area (Å²) < 4.78 is 23.8. The highest BCUT2D eigenvalue weighted by Crippen LogP contribution is 2.43. The number of nitrogens with zero attached hydrogens (tertiary/aromatic N) is 1. The van der Waals surface area contributed by atoms with Crippen LogP contribution in [0, 0.1) is 0 Å². The van der Waals surface area contributed by atoms with Gasteiger partial charge in [0.05, 0.1) is 39.9 Å². The average molecular weight is 1230 g/mol. The van der Waals surface area contributed by atoms with Crippen molar-refractivity contribution in [1.29, 1.82) is 0 Å². The number of likely N-dealkylation sites (N-methyl/N-ethyl adjacent to an activating group) is 1. The van der Waals surface area contributed by atoms with Gasteiger partial charge in [-0.1, -0.05) is 344 Å². The predicted molar refractivity (Wildman–Crippen MR) is 378 cm³/mol. The summed E-state index contributed by atoms with van der Waals surface area (Å²) in [6.45, 7) is 4.82. The van der Waals surface area contributed by atoms with E-state index >= 15 is 0 Å². The summed E-state index contributed by atoms with van der Waals surface area (Å²) in [6.07, 6.45) is 95.1. The van der Waals surface area contributed by atoms with Gasteiger partial charge in [0, 0.05) is 6.42 Å². The Morgan fingerprint density at radius 1 is 0.395 bits per heavy atom. The second-order valence-corrected chi connectivity index (χ2v) is 28.1. The molecule has 0 saturated carbocycles. The quantitative estimate of drug-likeness (QED) is 0.0243. The fourth-order valence-electron chi connectivity index (χ4n) is 11.1. The van der Waals surface area contributed by atoms with Crippen molar-refractivity contribution in [3.8, 4) is 0 Å². The highest BCUT2D eigenvalue weighted by molar-refractivity contribution is 7.47. The average Bonchev–Trinajstić information content (AvgIpc) is 3.70. The number of nitrogens with one attached hydrogen (secondary N) is 1. The number of hydrogen-bond acceptors (Lipinski definition) is 5. The molecule has 0 spiro atoms. The molecule has 0 aromatic carbocycles. The Balaban J connectivity index is 4.01. The fourth-order valence-corrected chi connectivity index (χ4v) is 11.8. The van der Waals surface area contributed by atoms with Crippen LogP contribution in [-0.4, -0.2) is 73.4 Å². The lowest BCUT2D eigenvalue weighted by Crippen LogP contribution is -2.45. The number of aliphatic hydroxyl groups is 1. The Labute approximate surface area is 535 Å². The van der Waals surface area contributed by atoms with Crippen molar-refractivity contribution in [1.82, 2.24) is 5.32 Å². The van der Waals surface area contributed by atoms with E-state index in [0.29, 0.717) is 17.4 Å². The van der Waals surface area contributed by atoms with Gasteiger partial charge in [-0.15, -0.1) is 0 Å². The number of quaternary nitrogens is 1. The molecular weight excluding hydrogens is 1080 g/mol. The van der Waals surface area contributed by atoms with Crippen LogP contribution in [-0.2, 0) is 18.4 Å².